The number of anilines is 1. The maximum Gasteiger partial charge on any atom is 0.409 e. The van der Waals surface area contributed by atoms with Crippen LogP contribution < -0.4 is 5.32 Å². The smallest absolute Gasteiger partial charge is 0.409 e. The van der Waals surface area contributed by atoms with Crippen LogP contribution in [0.1, 0.15) is 0 Å². The number of halogens is 2. The minimum Gasteiger partial charge on any atom is -0.465 e. The first-order valence-corrected chi connectivity index (χ1v) is 5.49. The highest BCUT2D eigenvalue weighted by Crippen LogP contribution is 2.30. The van der Waals surface area contributed by atoms with E-state index in [4.69, 9.17) is 16.7 Å². The Hall–Kier alpha value is -2.07. The van der Waals surface area contributed by atoms with E-state index in [1.165, 1.54) is 18.2 Å². The van der Waals surface area contributed by atoms with E-state index in [1.54, 1.807) is 24.3 Å². The number of hydrogen-bond acceptors (Lipinski definition) is 1. The predicted molar refractivity (Wildman–Crippen MR) is 68.5 cm³/mol. The molecule has 2 aromatic carbocycles. The molecule has 1 amide bonds. The van der Waals surface area contributed by atoms with Crippen molar-refractivity contribution in [1.29, 1.82) is 0 Å². The van der Waals surface area contributed by atoms with E-state index < -0.39 is 11.9 Å². The van der Waals surface area contributed by atoms with Crippen LogP contribution in [0.4, 0.5) is 14.9 Å². The summed E-state index contributed by atoms with van der Waals surface area (Å²) in [5.74, 6) is -0.444. The number of nitrogens with one attached hydrogen (secondary N) is 1. The predicted octanol–water partition coefficient (Wildman–Crippen LogP) is 4.24. The fourth-order valence-electron chi connectivity index (χ4n) is 1.64. The van der Waals surface area contributed by atoms with Gasteiger partial charge in [-0.05, 0) is 35.9 Å². The molecule has 92 valence electrons. The van der Waals surface area contributed by atoms with Crippen molar-refractivity contribution in [3.63, 3.8) is 0 Å². The topological polar surface area (TPSA) is 49.3 Å². The Labute approximate surface area is 108 Å². The van der Waals surface area contributed by atoms with Gasteiger partial charge in [0.1, 0.15) is 5.82 Å². The van der Waals surface area contributed by atoms with E-state index in [9.17, 15) is 9.18 Å². The summed E-state index contributed by atoms with van der Waals surface area (Å²) in [6, 6.07) is 10.6. The van der Waals surface area contributed by atoms with Crippen molar-refractivity contribution in [3.8, 4) is 11.1 Å². The van der Waals surface area contributed by atoms with E-state index in [0.29, 0.717) is 21.8 Å². The van der Waals surface area contributed by atoms with Crippen molar-refractivity contribution in [2.45, 2.75) is 0 Å². The second kappa shape index (κ2) is 5.06. The molecule has 0 aliphatic heterocycles. The standard InChI is InChI=1S/C13H9ClFNO2/c14-9-3-1-2-8(6-9)11-7-10(15)4-5-12(11)16-13(17)18/h1-7,16H,(H,17,18). The lowest BCUT2D eigenvalue weighted by Gasteiger charge is -2.09. The van der Waals surface area contributed by atoms with Gasteiger partial charge in [-0.3, -0.25) is 5.32 Å². The normalized spacial score (nSPS) is 10.1. The highest BCUT2D eigenvalue weighted by molar-refractivity contribution is 6.30. The number of amides is 1. The lowest BCUT2D eigenvalue weighted by atomic mass is 10.0. The van der Waals surface area contributed by atoms with E-state index >= 15 is 0 Å². The zero-order valence-electron chi connectivity index (χ0n) is 9.15. The van der Waals surface area contributed by atoms with Gasteiger partial charge in [-0.15, -0.1) is 0 Å². The monoisotopic (exact) mass is 265 g/mol. The summed E-state index contributed by atoms with van der Waals surface area (Å²) < 4.78 is 13.3. The van der Waals surface area contributed by atoms with Crippen LogP contribution >= 0.6 is 11.6 Å². The number of hydrogen-bond donors (Lipinski definition) is 2. The van der Waals surface area contributed by atoms with Gasteiger partial charge in [0.15, 0.2) is 0 Å². The van der Waals surface area contributed by atoms with Gasteiger partial charge in [0, 0.05) is 10.6 Å². The molecule has 0 aromatic heterocycles. The molecule has 18 heavy (non-hydrogen) atoms. The Morgan fingerprint density at radius 3 is 2.67 bits per heavy atom. The van der Waals surface area contributed by atoms with E-state index in [0.717, 1.165) is 0 Å². The molecular weight excluding hydrogens is 257 g/mol. The number of benzene rings is 2. The van der Waals surface area contributed by atoms with Crippen molar-refractivity contribution < 1.29 is 14.3 Å². The molecule has 0 saturated heterocycles. The highest BCUT2D eigenvalue weighted by Gasteiger charge is 2.09. The van der Waals surface area contributed by atoms with Crippen LogP contribution in [0.3, 0.4) is 0 Å². The molecule has 0 aliphatic carbocycles. The fourth-order valence-corrected chi connectivity index (χ4v) is 1.83. The van der Waals surface area contributed by atoms with E-state index in [-0.39, 0.29) is 0 Å². The molecule has 0 heterocycles. The third-order valence-corrected chi connectivity index (χ3v) is 2.59. The van der Waals surface area contributed by atoms with Gasteiger partial charge in [-0.1, -0.05) is 23.7 Å². The van der Waals surface area contributed by atoms with Gasteiger partial charge in [0.05, 0.1) is 5.69 Å². The van der Waals surface area contributed by atoms with E-state index in [1.807, 2.05) is 0 Å². The number of carbonyl (C=O) groups is 1. The summed E-state index contributed by atoms with van der Waals surface area (Å²) in [5.41, 5.74) is 1.40. The molecule has 2 rings (SSSR count). The number of rotatable bonds is 2. The molecule has 0 spiro atoms. The second-order valence-corrected chi connectivity index (χ2v) is 4.07. The van der Waals surface area contributed by atoms with Crippen LogP contribution in [-0.2, 0) is 0 Å². The SMILES string of the molecule is O=C(O)Nc1ccc(F)cc1-c1cccc(Cl)c1. The van der Waals surface area contributed by atoms with Gasteiger partial charge in [0.25, 0.3) is 0 Å². The van der Waals surface area contributed by atoms with Crippen LogP contribution in [-0.4, -0.2) is 11.2 Å². The van der Waals surface area contributed by atoms with Crippen LogP contribution in [0.25, 0.3) is 11.1 Å². The third kappa shape index (κ3) is 2.78. The van der Waals surface area contributed by atoms with E-state index in [2.05, 4.69) is 5.32 Å². The van der Waals surface area contributed by atoms with Gasteiger partial charge < -0.3 is 5.11 Å². The highest BCUT2D eigenvalue weighted by atomic mass is 35.5. The largest absolute Gasteiger partial charge is 0.465 e. The average molecular weight is 266 g/mol. The molecule has 0 fully saturated rings. The molecule has 3 nitrogen and oxygen atoms in total. The molecule has 2 aromatic rings. The Kier molecular flexibility index (Phi) is 3.48. The van der Waals surface area contributed by atoms with Crippen LogP contribution in [0, 0.1) is 5.82 Å². The average Bonchev–Trinajstić information content (AvgIpc) is 2.31. The summed E-state index contributed by atoms with van der Waals surface area (Å²) in [7, 11) is 0. The minimum atomic E-state index is -1.20. The Morgan fingerprint density at radius 2 is 2.00 bits per heavy atom. The molecule has 0 bridgehead atoms. The van der Waals surface area contributed by atoms with Crippen molar-refractivity contribution in [2.75, 3.05) is 5.32 Å². The summed E-state index contributed by atoms with van der Waals surface area (Å²) in [5, 5.41) is 11.5. The number of carboxylic acid groups (broad SMARTS) is 1. The Morgan fingerprint density at radius 1 is 1.22 bits per heavy atom. The summed E-state index contributed by atoms with van der Waals surface area (Å²) in [6.45, 7) is 0. The first-order valence-electron chi connectivity index (χ1n) is 5.12. The van der Waals surface area contributed by atoms with Crippen LogP contribution in [0.2, 0.25) is 5.02 Å². The van der Waals surface area contributed by atoms with Gasteiger partial charge >= 0.3 is 6.09 Å². The van der Waals surface area contributed by atoms with Crippen LogP contribution in [0.5, 0.6) is 0 Å². The van der Waals surface area contributed by atoms with Gasteiger partial charge in [0.2, 0.25) is 0 Å². The lowest BCUT2D eigenvalue weighted by Crippen LogP contribution is -2.08. The molecule has 0 saturated carbocycles. The zero-order chi connectivity index (χ0) is 13.1. The molecule has 0 unspecified atom stereocenters. The first-order chi connectivity index (χ1) is 8.56. The van der Waals surface area contributed by atoms with Crippen molar-refractivity contribution in [2.24, 2.45) is 0 Å². The molecule has 0 aliphatic rings. The Bertz CT molecular complexity index is 601. The Balaban J connectivity index is 2.54. The van der Waals surface area contributed by atoms with Gasteiger partial charge in [-0.25, -0.2) is 9.18 Å². The second-order valence-electron chi connectivity index (χ2n) is 3.63. The molecule has 5 heteroatoms. The third-order valence-electron chi connectivity index (χ3n) is 2.36. The van der Waals surface area contributed by atoms with Crippen molar-refractivity contribution >= 4 is 23.4 Å². The maximum absolute atomic E-state index is 13.3. The summed E-state index contributed by atoms with van der Waals surface area (Å²) in [6.07, 6.45) is -1.20. The maximum atomic E-state index is 13.3. The quantitative estimate of drug-likeness (QED) is 0.853. The zero-order valence-corrected chi connectivity index (χ0v) is 9.91. The first kappa shape index (κ1) is 12.4. The molecule has 2 N–H and O–H groups in total. The summed E-state index contributed by atoms with van der Waals surface area (Å²) in [4.78, 5) is 10.7. The van der Waals surface area contributed by atoms with Crippen molar-refractivity contribution in [3.05, 3.63) is 53.3 Å². The van der Waals surface area contributed by atoms with Gasteiger partial charge in [-0.2, -0.15) is 0 Å². The molecule has 0 atom stereocenters. The fraction of sp³-hybridized carbons (Fsp3) is 0. The minimum absolute atomic E-state index is 0.311. The molecular formula is C13H9ClFNO2. The molecule has 0 radical (unpaired) electrons. The lowest BCUT2D eigenvalue weighted by molar-refractivity contribution is 0.210. The van der Waals surface area contributed by atoms with Crippen molar-refractivity contribution in [1.82, 2.24) is 0 Å². The van der Waals surface area contributed by atoms with Crippen LogP contribution in [0.15, 0.2) is 42.5 Å². The summed E-state index contributed by atoms with van der Waals surface area (Å²) >= 11 is 5.86.